The van der Waals surface area contributed by atoms with Crippen molar-refractivity contribution in [3.8, 4) is 5.69 Å². The van der Waals surface area contributed by atoms with Gasteiger partial charge in [-0.1, -0.05) is 60.7 Å². The molecule has 4 aromatic carbocycles. The number of carbonyl (C=O) groups excluding carboxylic acids is 1. The molecule has 2 aliphatic rings. The number of nitrogens with one attached hydrogen (secondary N) is 1. The Labute approximate surface area is 237 Å². The van der Waals surface area contributed by atoms with Crippen LogP contribution in [0.2, 0.25) is 0 Å². The highest BCUT2D eigenvalue weighted by Gasteiger charge is 2.41. The summed E-state index contributed by atoms with van der Waals surface area (Å²) in [4.78, 5) is 24.7. The van der Waals surface area contributed by atoms with Crippen molar-refractivity contribution >= 4 is 40.5 Å². The van der Waals surface area contributed by atoms with E-state index in [1.807, 2.05) is 103 Å². The molecule has 1 aromatic heterocycles. The Kier molecular flexibility index (Phi) is 5.93. The minimum Gasteiger partial charge on any atom is -0.465 e. The average Bonchev–Trinajstić information content (AvgIpc) is 3.36. The summed E-state index contributed by atoms with van der Waals surface area (Å²) in [6.07, 6.45) is 0. The molecule has 3 heterocycles. The van der Waals surface area contributed by atoms with Crippen molar-refractivity contribution < 1.29 is 9.53 Å². The fourth-order valence-electron chi connectivity index (χ4n) is 5.44. The Bertz CT molecular complexity index is 1830. The third kappa shape index (κ3) is 4.17. The van der Waals surface area contributed by atoms with E-state index in [2.05, 4.69) is 16.3 Å². The van der Waals surface area contributed by atoms with Crippen molar-refractivity contribution in [3.63, 3.8) is 0 Å². The number of esters is 1. The molecule has 0 aliphatic carbocycles. The normalized spacial score (nSPS) is 15.2. The van der Waals surface area contributed by atoms with E-state index in [1.165, 1.54) is 7.11 Å². The molecule has 0 amide bonds. The predicted octanol–water partition coefficient (Wildman–Crippen LogP) is 6.76. The predicted molar refractivity (Wildman–Crippen MR) is 161 cm³/mol. The Hall–Kier alpha value is -5.50. The van der Waals surface area contributed by atoms with E-state index in [9.17, 15) is 4.79 Å². The molecule has 5 aromatic rings. The number of hydrogen-bond acceptors (Lipinski definition) is 7. The van der Waals surface area contributed by atoms with Crippen molar-refractivity contribution in [1.29, 1.82) is 0 Å². The molecule has 0 saturated heterocycles. The third-order valence-corrected chi connectivity index (χ3v) is 7.32. The molecule has 2 aliphatic heterocycles. The highest BCUT2D eigenvalue weighted by Crippen LogP contribution is 2.48. The first kappa shape index (κ1) is 24.5. The second-order valence-electron chi connectivity index (χ2n) is 9.83. The Morgan fingerprint density at radius 3 is 2.24 bits per heavy atom. The zero-order chi connectivity index (χ0) is 27.9. The van der Waals surface area contributed by atoms with E-state index < -0.39 is 0 Å². The van der Waals surface area contributed by atoms with Crippen LogP contribution in [0.5, 0.6) is 0 Å². The van der Waals surface area contributed by atoms with Gasteiger partial charge in [-0.25, -0.2) is 19.5 Å². The van der Waals surface area contributed by atoms with Crippen LogP contribution in [0.15, 0.2) is 119 Å². The van der Waals surface area contributed by atoms with Crippen LogP contribution in [0.1, 0.15) is 33.2 Å². The van der Waals surface area contributed by atoms with Crippen molar-refractivity contribution in [2.24, 2.45) is 9.98 Å². The first-order chi connectivity index (χ1) is 20.1. The lowest BCUT2D eigenvalue weighted by molar-refractivity contribution is 0.0600. The number of rotatable bonds is 4. The Morgan fingerprint density at radius 2 is 1.51 bits per heavy atom. The highest BCUT2D eigenvalue weighted by molar-refractivity contribution is 6.51. The summed E-state index contributed by atoms with van der Waals surface area (Å²) in [5, 5.41) is 8.48. The van der Waals surface area contributed by atoms with Gasteiger partial charge in [0.25, 0.3) is 0 Å². The molecule has 8 heteroatoms. The minimum atomic E-state index is -0.374. The maximum atomic E-state index is 12.2. The lowest BCUT2D eigenvalue weighted by Crippen LogP contribution is -2.46. The van der Waals surface area contributed by atoms with Crippen LogP contribution >= 0.6 is 0 Å². The van der Waals surface area contributed by atoms with Gasteiger partial charge in [0.1, 0.15) is 0 Å². The van der Waals surface area contributed by atoms with Crippen LogP contribution in [-0.2, 0) is 4.74 Å². The van der Waals surface area contributed by atoms with Crippen LogP contribution in [0, 0.1) is 6.92 Å². The smallest absolute Gasteiger partial charge is 0.337 e. The molecule has 0 fully saturated rings. The van der Waals surface area contributed by atoms with E-state index >= 15 is 0 Å². The zero-order valence-corrected chi connectivity index (χ0v) is 22.5. The van der Waals surface area contributed by atoms with Crippen molar-refractivity contribution in [1.82, 2.24) is 9.78 Å². The van der Waals surface area contributed by atoms with Gasteiger partial charge in [-0.3, -0.25) is 0 Å². The highest BCUT2D eigenvalue weighted by atomic mass is 16.5. The quantitative estimate of drug-likeness (QED) is 0.256. The molecule has 1 N–H and O–H groups in total. The monoisotopic (exact) mass is 538 g/mol. The fraction of sp³-hybridized carbons (Fsp3) is 0.0909. The van der Waals surface area contributed by atoms with Crippen LogP contribution in [0.3, 0.4) is 0 Å². The Balaban J connectivity index is 1.48. The number of benzene rings is 4. The molecule has 7 rings (SSSR count). The van der Waals surface area contributed by atoms with Gasteiger partial charge in [0.2, 0.25) is 0 Å². The summed E-state index contributed by atoms with van der Waals surface area (Å²) >= 11 is 0. The number of aliphatic imine (C=N–C) groups is 2. The molecule has 0 saturated carbocycles. The molecular weight excluding hydrogens is 512 g/mol. The van der Waals surface area contributed by atoms with E-state index in [0.29, 0.717) is 17.2 Å². The van der Waals surface area contributed by atoms with E-state index in [0.717, 1.165) is 45.4 Å². The van der Waals surface area contributed by atoms with Crippen LogP contribution in [0.25, 0.3) is 5.69 Å². The zero-order valence-electron chi connectivity index (χ0n) is 22.5. The number of methoxy groups -OCH3 is 1. The molecule has 0 unspecified atom stereocenters. The van der Waals surface area contributed by atoms with Gasteiger partial charge in [0.05, 0.1) is 41.5 Å². The van der Waals surface area contributed by atoms with Crippen molar-refractivity contribution in [2.75, 3.05) is 17.3 Å². The second kappa shape index (κ2) is 9.91. The van der Waals surface area contributed by atoms with Gasteiger partial charge in [-0.2, -0.15) is 5.10 Å². The van der Waals surface area contributed by atoms with Gasteiger partial charge in [-0.05, 0) is 61.0 Å². The summed E-state index contributed by atoms with van der Waals surface area (Å²) in [6.45, 7) is 2.02. The van der Waals surface area contributed by atoms with Crippen LogP contribution < -0.4 is 10.2 Å². The number of aryl methyl sites for hydroxylation is 1. The topological polar surface area (TPSA) is 84.1 Å². The number of para-hydroxylation sites is 4. The molecule has 1 atom stereocenters. The maximum absolute atomic E-state index is 12.2. The van der Waals surface area contributed by atoms with Crippen LogP contribution in [0.4, 0.5) is 22.9 Å². The second-order valence-corrected chi connectivity index (χ2v) is 9.83. The number of aromatic nitrogens is 2. The third-order valence-electron chi connectivity index (χ3n) is 7.32. The molecule has 0 bridgehead atoms. The number of carbonyl (C=O) groups is 1. The first-order valence-electron chi connectivity index (χ1n) is 13.3. The lowest BCUT2D eigenvalue weighted by Gasteiger charge is -2.40. The lowest BCUT2D eigenvalue weighted by atomic mass is 9.92. The molecule has 200 valence electrons. The molecule has 8 nitrogen and oxygen atoms in total. The standard InChI is InChI=1S/C33H26N6O2/c1-21-28-29(22-17-19-23(20-18-22)33(40)41-2)38-27-16-10-9-15-26(27)35-30(34-24-11-5-3-6-12-24)32(38)36-31(28)39(37-21)25-13-7-4-8-14-25/h3-20,29H,1-2H3,(H,34,35)/t29-/m1/s1. The number of anilines is 2. The van der Waals surface area contributed by atoms with Gasteiger partial charge >= 0.3 is 5.97 Å². The largest absolute Gasteiger partial charge is 0.465 e. The Morgan fingerprint density at radius 1 is 0.829 bits per heavy atom. The molecule has 0 radical (unpaired) electrons. The number of hydrogen-bond donors (Lipinski definition) is 1. The SMILES string of the molecule is COC(=O)c1ccc([C@@H]2c3c(C)nn(-c4ccccc4)c3N=C3C(Nc4ccccc4)=Nc4ccccc4N32)cc1. The number of nitrogens with zero attached hydrogens (tertiary/aromatic N) is 5. The van der Waals surface area contributed by atoms with Crippen LogP contribution in [-0.4, -0.2) is 34.5 Å². The summed E-state index contributed by atoms with van der Waals surface area (Å²) < 4.78 is 6.84. The summed E-state index contributed by atoms with van der Waals surface area (Å²) in [5.74, 6) is 1.68. The average molecular weight is 539 g/mol. The van der Waals surface area contributed by atoms with E-state index in [-0.39, 0.29) is 12.0 Å². The summed E-state index contributed by atoms with van der Waals surface area (Å²) in [6, 6.07) is 35.3. The van der Waals surface area contributed by atoms with Gasteiger partial charge in [-0.15, -0.1) is 0 Å². The summed E-state index contributed by atoms with van der Waals surface area (Å²) in [7, 11) is 1.39. The number of ether oxygens (including phenoxy) is 1. The molecule has 41 heavy (non-hydrogen) atoms. The maximum Gasteiger partial charge on any atom is 0.337 e. The number of amidine groups is 2. The van der Waals surface area contributed by atoms with Gasteiger partial charge < -0.3 is 15.0 Å². The van der Waals surface area contributed by atoms with Crippen molar-refractivity contribution in [2.45, 2.75) is 13.0 Å². The molecular formula is C33H26N6O2. The fourth-order valence-corrected chi connectivity index (χ4v) is 5.44. The number of fused-ring (bicyclic) bond motifs is 4. The van der Waals surface area contributed by atoms with E-state index in [4.69, 9.17) is 19.8 Å². The van der Waals surface area contributed by atoms with Crippen molar-refractivity contribution in [3.05, 3.63) is 132 Å². The minimum absolute atomic E-state index is 0.286. The van der Waals surface area contributed by atoms with E-state index in [1.54, 1.807) is 12.1 Å². The molecule has 0 spiro atoms. The van der Waals surface area contributed by atoms with Gasteiger partial charge in [0, 0.05) is 11.3 Å². The summed E-state index contributed by atoms with van der Waals surface area (Å²) in [5.41, 5.74) is 6.92. The van der Waals surface area contributed by atoms with Gasteiger partial charge in [0.15, 0.2) is 17.5 Å². The first-order valence-corrected chi connectivity index (χ1v) is 13.3.